The predicted octanol–water partition coefficient (Wildman–Crippen LogP) is 11.0. The molecule has 1 aliphatic carbocycles. The van der Waals surface area contributed by atoms with Gasteiger partial charge in [-0.2, -0.15) is 0 Å². The Balaban J connectivity index is 1.42. The third-order valence-corrected chi connectivity index (χ3v) is 8.14. The minimum absolute atomic E-state index is 0.933. The summed E-state index contributed by atoms with van der Waals surface area (Å²) in [5.74, 6) is 0. The zero-order valence-corrected chi connectivity index (χ0v) is 21.5. The lowest BCUT2D eigenvalue weighted by Crippen LogP contribution is -1.90. The molecular formula is C38H26O. The van der Waals surface area contributed by atoms with Crippen molar-refractivity contribution in [3.63, 3.8) is 0 Å². The molecule has 1 aliphatic rings. The van der Waals surface area contributed by atoms with Crippen LogP contribution in [-0.4, -0.2) is 0 Å². The van der Waals surface area contributed by atoms with Gasteiger partial charge < -0.3 is 4.42 Å². The summed E-state index contributed by atoms with van der Waals surface area (Å²) in [4.78, 5) is 0. The topological polar surface area (TPSA) is 13.1 Å². The molecule has 0 radical (unpaired) electrons. The Hall–Kier alpha value is -4.88. The van der Waals surface area contributed by atoms with Crippen LogP contribution in [0.25, 0.3) is 71.3 Å². The van der Waals surface area contributed by atoms with Crippen molar-refractivity contribution in [2.45, 2.75) is 12.8 Å². The average molecular weight is 499 g/mol. The van der Waals surface area contributed by atoms with E-state index in [-0.39, 0.29) is 0 Å². The van der Waals surface area contributed by atoms with E-state index in [0.717, 1.165) is 24.0 Å². The zero-order chi connectivity index (χ0) is 25.8. The second-order valence-electron chi connectivity index (χ2n) is 10.4. The minimum atomic E-state index is 0.933. The minimum Gasteiger partial charge on any atom is -0.456 e. The maximum absolute atomic E-state index is 6.52. The van der Waals surface area contributed by atoms with Gasteiger partial charge in [-0.05, 0) is 86.0 Å². The van der Waals surface area contributed by atoms with E-state index in [1.165, 1.54) is 65.7 Å². The van der Waals surface area contributed by atoms with Gasteiger partial charge in [-0.15, -0.1) is 0 Å². The molecule has 39 heavy (non-hydrogen) atoms. The molecule has 184 valence electrons. The van der Waals surface area contributed by atoms with E-state index in [1.54, 1.807) is 0 Å². The number of allylic oxidation sites excluding steroid dienone is 4. The number of hydrogen-bond donors (Lipinski definition) is 0. The Bertz CT molecular complexity index is 2050. The smallest absolute Gasteiger partial charge is 0.136 e. The highest BCUT2D eigenvalue weighted by Gasteiger charge is 2.19. The van der Waals surface area contributed by atoms with Crippen LogP contribution in [0.15, 0.2) is 138 Å². The van der Waals surface area contributed by atoms with Crippen molar-refractivity contribution >= 4 is 49.1 Å². The summed E-state index contributed by atoms with van der Waals surface area (Å²) in [6.45, 7) is 0. The first-order valence-electron chi connectivity index (χ1n) is 13.7. The fraction of sp³-hybridized carbons (Fsp3) is 0.0526. The Morgan fingerprint density at radius 3 is 1.85 bits per heavy atom. The summed E-state index contributed by atoms with van der Waals surface area (Å²) >= 11 is 0. The van der Waals surface area contributed by atoms with Crippen molar-refractivity contribution < 1.29 is 4.42 Å². The van der Waals surface area contributed by atoms with Gasteiger partial charge in [0.2, 0.25) is 0 Å². The first kappa shape index (κ1) is 22.1. The number of fused-ring (bicyclic) bond motifs is 5. The van der Waals surface area contributed by atoms with Crippen LogP contribution in [0.3, 0.4) is 0 Å². The molecule has 1 nitrogen and oxygen atoms in total. The molecule has 0 amide bonds. The molecule has 0 fully saturated rings. The van der Waals surface area contributed by atoms with Crippen LogP contribution >= 0.6 is 0 Å². The van der Waals surface area contributed by atoms with Crippen LogP contribution in [-0.2, 0) is 0 Å². The van der Waals surface area contributed by atoms with Crippen molar-refractivity contribution in [1.29, 1.82) is 0 Å². The summed E-state index contributed by atoms with van der Waals surface area (Å²) in [5.41, 5.74) is 9.50. The fourth-order valence-electron chi connectivity index (χ4n) is 6.43. The molecule has 0 atom stereocenters. The van der Waals surface area contributed by atoms with Gasteiger partial charge in [0.1, 0.15) is 11.2 Å². The number of benzene rings is 6. The lowest BCUT2D eigenvalue weighted by Gasteiger charge is -2.17. The highest BCUT2D eigenvalue weighted by molar-refractivity contribution is 6.22. The summed E-state index contributed by atoms with van der Waals surface area (Å²) in [6, 6.07) is 41.6. The first-order chi connectivity index (χ1) is 19.4. The third kappa shape index (κ3) is 3.47. The largest absolute Gasteiger partial charge is 0.456 e. The quantitative estimate of drug-likeness (QED) is 0.221. The van der Waals surface area contributed by atoms with Gasteiger partial charge in [-0.3, -0.25) is 0 Å². The molecule has 0 N–H and O–H groups in total. The van der Waals surface area contributed by atoms with E-state index >= 15 is 0 Å². The van der Waals surface area contributed by atoms with Crippen molar-refractivity contribution in [3.8, 4) is 22.3 Å². The molecule has 0 saturated heterocycles. The van der Waals surface area contributed by atoms with Gasteiger partial charge in [-0.1, -0.05) is 115 Å². The van der Waals surface area contributed by atoms with Crippen molar-refractivity contribution in [1.82, 2.24) is 0 Å². The number of rotatable bonds is 3. The van der Waals surface area contributed by atoms with Crippen LogP contribution in [0.1, 0.15) is 18.4 Å². The normalized spacial score (nSPS) is 13.5. The van der Waals surface area contributed by atoms with Crippen LogP contribution in [0.2, 0.25) is 0 Å². The molecular weight excluding hydrogens is 472 g/mol. The molecule has 0 aliphatic heterocycles. The van der Waals surface area contributed by atoms with E-state index in [0.29, 0.717) is 0 Å². The monoisotopic (exact) mass is 498 g/mol. The molecule has 7 aromatic rings. The van der Waals surface area contributed by atoms with Gasteiger partial charge in [0.25, 0.3) is 0 Å². The highest BCUT2D eigenvalue weighted by Crippen LogP contribution is 2.45. The lowest BCUT2D eigenvalue weighted by molar-refractivity contribution is 0.669. The number of hydrogen-bond acceptors (Lipinski definition) is 1. The summed E-state index contributed by atoms with van der Waals surface area (Å²) in [6.07, 6.45) is 8.81. The Morgan fingerprint density at radius 2 is 1.18 bits per heavy atom. The van der Waals surface area contributed by atoms with Gasteiger partial charge in [0.15, 0.2) is 0 Å². The Morgan fingerprint density at radius 1 is 0.513 bits per heavy atom. The molecule has 0 bridgehead atoms. The zero-order valence-electron chi connectivity index (χ0n) is 21.5. The summed E-state index contributed by atoms with van der Waals surface area (Å²) in [7, 11) is 0. The molecule has 6 aromatic carbocycles. The molecule has 8 rings (SSSR count). The SMILES string of the molecule is C1=CCCC(c2cccc3oc4cc(-c5c6ccccc6c(-c6ccccc6)c6ccccc56)ccc4c23)=C1. The second kappa shape index (κ2) is 8.85. The standard InChI is InChI=1S/C38H26O/c1-3-12-25(13-4-1)28-20-11-21-34-38(28)33-23-22-27(24-35(33)39-34)37-31-18-9-7-16-29(31)36(26-14-5-2-6-15-26)30-17-8-10-19-32(30)37/h1-3,5-12,14-24H,4,13H2. The molecule has 1 heterocycles. The maximum atomic E-state index is 6.52. The van der Waals surface area contributed by atoms with Crippen LogP contribution in [0.5, 0.6) is 0 Å². The predicted molar refractivity (Wildman–Crippen MR) is 166 cm³/mol. The molecule has 1 aromatic heterocycles. The lowest BCUT2D eigenvalue weighted by atomic mass is 9.86. The van der Waals surface area contributed by atoms with Gasteiger partial charge >= 0.3 is 0 Å². The average Bonchev–Trinajstić information content (AvgIpc) is 3.38. The maximum Gasteiger partial charge on any atom is 0.136 e. The van der Waals surface area contributed by atoms with Crippen LogP contribution in [0, 0.1) is 0 Å². The van der Waals surface area contributed by atoms with Crippen molar-refractivity contribution in [2.75, 3.05) is 0 Å². The summed E-state index contributed by atoms with van der Waals surface area (Å²) in [5, 5.41) is 7.43. The molecule has 0 spiro atoms. The van der Waals surface area contributed by atoms with E-state index in [4.69, 9.17) is 4.42 Å². The van der Waals surface area contributed by atoms with E-state index in [9.17, 15) is 0 Å². The van der Waals surface area contributed by atoms with Crippen molar-refractivity contribution in [3.05, 3.63) is 139 Å². The fourth-order valence-corrected chi connectivity index (χ4v) is 6.43. The Kier molecular flexibility index (Phi) is 5.03. The molecule has 1 heteroatoms. The van der Waals surface area contributed by atoms with Crippen LogP contribution < -0.4 is 0 Å². The first-order valence-corrected chi connectivity index (χ1v) is 13.7. The van der Waals surface area contributed by atoms with E-state index in [1.807, 2.05) is 0 Å². The van der Waals surface area contributed by atoms with Gasteiger partial charge in [-0.25, -0.2) is 0 Å². The Labute approximate surface area is 227 Å². The highest BCUT2D eigenvalue weighted by atomic mass is 16.3. The number of furan rings is 1. The molecule has 0 saturated carbocycles. The van der Waals surface area contributed by atoms with Gasteiger partial charge in [0.05, 0.1) is 0 Å². The summed E-state index contributed by atoms with van der Waals surface area (Å²) < 4.78 is 6.52. The van der Waals surface area contributed by atoms with Crippen LogP contribution in [0.4, 0.5) is 0 Å². The van der Waals surface area contributed by atoms with E-state index < -0.39 is 0 Å². The molecule has 0 unspecified atom stereocenters. The third-order valence-electron chi connectivity index (χ3n) is 8.14. The van der Waals surface area contributed by atoms with Gasteiger partial charge in [0, 0.05) is 10.8 Å². The second-order valence-corrected chi connectivity index (χ2v) is 10.4. The van der Waals surface area contributed by atoms with E-state index in [2.05, 4.69) is 133 Å². The van der Waals surface area contributed by atoms with Crippen molar-refractivity contribution in [2.24, 2.45) is 0 Å².